The van der Waals surface area contributed by atoms with Crippen LogP contribution in [0.3, 0.4) is 0 Å². The summed E-state index contributed by atoms with van der Waals surface area (Å²) in [5.41, 5.74) is 3.18. The summed E-state index contributed by atoms with van der Waals surface area (Å²) in [5, 5.41) is 9.67. The van der Waals surface area contributed by atoms with E-state index in [1.807, 2.05) is 49.4 Å². The molecule has 3 aromatic carbocycles. The molecule has 5 rings (SSSR count). The van der Waals surface area contributed by atoms with Crippen molar-refractivity contribution in [2.45, 2.75) is 26.2 Å². The maximum Gasteiger partial charge on any atom is 0.307 e. The average molecular weight is 741 g/mol. The number of nitrogens with zero attached hydrogens (tertiary/aromatic N) is 2. The number of benzene rings is 3. The van der Waals surface area contributed by atoms with Crippen LogP contribution in [0.25, 0.3) is 17.2 Å². The number of rotatable bonds is 17. The maximum absolute atomic E-state index is 13.6. The van der Waals surface area contributed by atoms with Gasteiger partial charge in [0, 0.05) is 31.7 Å². The van der Waals surface area contributed by atoms with Crippen LogP contribution in [0.4, 0.5) is 0 Å². The fourth-order valence-corrected chi connectivity index (χ4v) is 6.98. The van der Waals surface area contributed by atoms with Gasteiger partial charge in [-0.25, -0.2) is 0 Å². The summed E-state index contributed by atoms with van der Waals surface area (Å²) in [5.74, 6) is 1.13. The number of ether oxygens (including phenoxy) is 5. The number of methoxy groups -OCH3 is 1. The number of carbonyl (C=O) groups excluding carboxylic acids is 1. The summed E-state index contributed by atoms with van der Waals surface area (Å²) in [6.07, 6.45) is 3.09. The molecule has 10 nitrogen and oxygen atoms in total. The molecule has 0 saturated carbocycles. The standard InChI is InChI=1S/C37H41ClN2O8S2/c1-3-15-46-31-10-7-27(23-29(31)38)26-6-9-30(48-19-14-39-12-17-45-18-13-39)28(22-26)24-34-36(43)40(37(49)50-34)11-4-16-47-33-20-25(21-35(41)42)5-8-32(33)44-2/h5-10,20,22-24H,3-4,11-19,21H2,1-2H3,(H,41,42)/b34-24-. The first kappa shape index (κ1) is 37.4. The van der Waals surface area contributed by atoms with Gasteiger partial charge in [0.2, 0.25) is 0 Å². The zero-order valence-electron chi connectivity index (χ0n) is 28.2. The summed E-state index contributed by atoms with van der Waals surface area (Å²) in [4.78, 5) is 29.2. The number of amides is 1. The molecule has 2 aliphatic heterocycles. The first-order valence-electron chi connectivity index (χ1n) is 16.5. The Bertz CT molecular complexity index is 1710. The highest BCUT2D eigenvalue weighted by molar-refractivity contribution is 8.26. The number of carbonyl (C=O) groups is 2. The molecule has 0 spiro atoms. The second-order valence-electron chi connectivity index (χ2n) is 11.6. The van der Waals surface area contributed by atoms with Gasteiger partial charge >= 0.3 is 5.97 Å². The van der Waals surface area contributed by atoms with Gasteiger partial charge in [-0.3, -0.25) is 19.4 Å². The van der Waals surface area contributed by atoms with E-state index in [4.69, 9.17) is 52.6 Å². The van der Waals surface area contributed by atoms with Crippen molar-refractivity contribution in [1.82, 2.24) is 9.80 Å². The van der Waals surface area contributed by atoms with E-state index in [1.165, 1.54) is 18.9 Å². The predicted molar refractivity (Wildman–Crippen MR) is 200 cm³/mol. The van der Waals surface area contributed by atoms with Crippen LogP contribution in [0.15, 0.2) is 59.5 Å². The van der Waals surface area contributed by atoms with Crippen molar-refractivity contribution in [3.8, 4) is 34.1 Å². The van der Waals surface area contributed by atoms with Gasteiger partial charge in [0.15, 0.2) is 11.5 Å². The Kier molecular flexibility index (Phi) is 13.8. The van der Waals surface area contributed by atoms with Gasteiger partial charge in [-0.05, 0) is 72.0 Å². The minimum atomic E-state index is -0.933. The summed E-state index contributed by atoms with van der Waals surface area (Å²) < 4.78 is 29.3. The summed E-state index contributed by atoms with van der Waals surface area (Å²) in [6.45, 7) is 7.67. The first-order valence-corrected chi connectivity index (χ1v) is 18.1. The van der Waals surface area contributed by atoms with Gasteiger partial charge < -0.3 is 28.8 Å². The van der Waals surface area contributed by atoms with Crippen LogP contribution in [0.2, 0.25) is 5.02 Å². The third-order valence-electron chi connectivity index (χ3n) is 8.03. The van der Waals surface area contributed by atoms with Crippen LogP contribution in [-0.4, -0.2) is 97.4 Å². The van der Waals surface area contributed by atoms with Crippen molar-refractivity contribution in [3.63, 3.8) is 0 Å². The van der Waals surface area contributed by atoms with Crippen molar-refractivity contribution in [1.29, 1.82) is 0 Å². The number of halogens is 1. The molecule has 2 heterocycles. The Morgan fingerprint density at radius 3 is 2.36 bits per heavy atom. The molecule has 2 aliphatic rings. The van der Waals surface area contributed by atoms with E-state index in [0.717, 1.165) is 42.7 Å². The SMILES string of the molecule is CCCOc1ccc(-c2ccc(OCCN3CCOCC3)c(/C=C3\SC(=S)N(CCCOc4cc(CC(=O)O)ccc4OC)C3=O)c2)cc1Cl. The topological polar surface area (TPSA) is 107 Å². The maximum atomic E-state index is 13.6. The number of thiocarbonyl (C=S) groups is 1. The van der Waals surface area contributed by atoms with E-state index >= 15 is 0 Å². The van der Waals surface area contributed by atoms with Gasteiger partial charge in [-0.2, -0.15) is 0 Å². The molecule has 0 aromatic heterocycles. The molecular weight excluding hydrogens is 700 g/mol. The second kappa shape index (κ2) is 18.4. The van der Waals surface area contributed by atoms with Gasteiger partial charge in [0.05, 0.1) is 49.9 Å². The van der Waals surface area contributed by atoms with E-state index in [-0.39, 0.29) is 18.9 Å². The molecule has 0 atom stereocenters. The monoisotopic (exact) mass is 740 g/mol. The molecule has 0 radical (unpaired) electrons. The normalized spacial score (nSPS) is 15.8. The molecule has 2 fully saturated rings. The van der Waals surface area contributed by atoms with Crippen LogP contribution in [-0.2, 0) is 20.7 Å². The lowest BCUT2D eigenvalue weighted by atomic mass is 10.0. The molecule has 13 heteroatoms. The smallest absolute Gasteiger partial charge is 0.307 e. The molecule has 0 aliphatic carbocycles. The van der Waals surface area contributed by atoms with E-state index < -0.39 is 5.97 Å². The highest BCUT2D eigenvalue weighted by atomic mass is 35.5. The first-order chi connectivity index (χ1) is 24.2. The number of hydrogen-bond acceptors (Lipinski definition) is 10. The number of carboxylic acid groups (broad SMARTS) is 1. The molecule has 0 unspecified atom stereocenters. The zero-order chi connectivity index (χ0) is 35.5. The molecule has 266 valence electrons. The van der Waals surface area contributed by atoms with Crippen LogP contribution < -0.4 is 18.9 Å². The third kappa shape index (κ3) is 10.1. The number of aliphatic carboxylic acids is 1. The minimum Gasteiger partial charge on any atom is -0.493 e. The van der Waals surface area contributed by atoms with Crippen LogP contribution >= 0.6 is 35.6 Å². The quantitative estimate of drug-likeness (QED) is 0.0896. The predicted octanol–water partition coefficient (Wildman–Crippen LogP) is 6.81. The Labute approximate surface area is 307 Å². The summed E-state index contributed by atoms with van der Waals surface area (Å²) >= 11 is 13.4. The molecular formula is C37H41ClN2O8S2. The van der Waals surface area contributed by atoms with E-state index in [9.17, 15) is 9.59 Å². The summed E-state index contributed by atoms with van der Waals surface area (Å²) in [7, 11) is 1.52. The lowest BCUT2D eigenvalue weighted by Crippen LogP contribution is -2.38. The Hall–Kier alpha value is -3.81. The lowest BCUT2D eigenvalue weighted by Gasteiger charge is -2.26. The van der Waals surface area contributed by atoms with Crippen LogP contribution in [0.5, 0.6) is 23.0 Å². The second-order valence-corrected chi connectivity index (χ2v) is 13.7. The fraction of sp³-hybridized carbons (Fsp3) is 0.378. The molecule has 3 aromatic rings. The number of hydrogen-bond donors (Lipinski definition) is 1. The molecule has 0 bridgehead atoms. The lowest BCUT2D eigenvalue weighted by molar-refractivity contribution is -0.136. The molecule has 1 amide bonds. The fourth-order valence-electron chi connectivity index (χ4n) is 5.45. The van der Waals surface area contributed by atoms with Crippen molar-refractivity contribution in [2.24, 2.45) is 0 Å². The van der Waals surface area contributed by atoms with Crippen molar-refractivity contribution >= 4 is 57.9 Å². The summed E-state index contributed by atoms with van der Waals surface area (Å²) in [6, 6.07) is 16.7. The Morgan fingerprint density at radius 1 is 0.940 bits per heavy atom. The van der Waals surface area contributed by atoms with Crippen LogP contribution in [0, 0.1) is 0 Å². The average Bonchev–Trinajstić information content (AvgIpc) is 3.37. The van der Waals surface area contributed by atoms with Gasteiger partial charge in [0.1, 0.15) is 22.4 Å². The van der Waals surface area contributed by atoms with E-state index in [2.05, 4.69) is 4.90 Å². The Balaban J connectivity index is 1.30. The van der Waals surface area contributed by atoms with Crippen molar-refractivity contribution < 1.29 is 38.4 Å². The Morgan fingerprint density at radius 2 is 1.64 bits per heavy atom. The number of thioether (sulfide) groups is 1. The highest BCUT2D eigenvalue weighted by Crippen LogP contribution is 2.37. The molecule has 50 heavy (non-hydrogen) atoms. The number of morpholine rings is 1. The van der Waals surface area contributed by atoms with Gasteiger partial charge in [0.25, 0.3) is 5.91 Å². The third-order valence-corrected chi connectivity index (χ3v) is 9.71. The molecule has 2 saturated heterocycles. The van der Waals surface area contributed by atoms with Crippen molar-refractivity contribution in [2.75, 3.05) is 66.3 Å². The van der Waals surface area contributed by atoms with Gasteiger partial charge in [-0.1, -0.05) is 60.7 Å². The minimum absolute atomic E-state index is 0.124. The zero-order valence-corrected chi connectivity index (χ0v) is 30.5. The number of carboxylic acids is 1. The van der Waals surface area contributed by atoms with E-state index in [1.54, 1.807) is 23.1 Å². The largest absolute Gasteiger partial charge is 0.493 e. The van der Waals surface area contributed by atoms with Crippen LogP contribution in [0.1, 0.15) is 30.9 Å². The molecule has 1 N–H and O–H groups in total. The highest BCUT2D eigenvalue weighted by Gasteiger charge is 2.32. The van der Waals surface area contributed by atoms with Gasteiger partial charge in [-0.15, -0.1) is 0 Å². The van der Waals surface area contributed by atoms with E-state index in [0.29, 0.717) is 82.2 Å². The van der Waals surface area contributed by atoms with Crippen molar-refractivity contribution in [3.05, 3.63) is 75.7 Å².